The van der Waals surface area contributed by atoms with Gasteiger partial charge in [0.2, 0.25) is 0 Å². The fraction of sp³-hybridized carbons (Fsp3) is 0.533. The molecule has 124 valence electrons. The Balaban J connectivity index is 0.00000220. The Morgan fingerprint density at radius 1 is 1.18 bits per heavy atom. The molecule has 0 aliphatic carbocycles. The van der Waals surface area contributed by atoms with Gasteiger partial charge in [-0.1, -0.05) is 6.07 Å². The number of nitrogens with zero attached hydrogens (tertiary/aromatic N) is 2. The molecule has 0 bridgehead atoms. The molecular weight excluding hydrogens is 325 g/mol. The topological polar surface area (TPSA) is 57.5 Å². The Bertz CT molecular complexity index is 488. The predicted octanol–water partition coefficient (Wildman–Crippen LogP) is 2.41. The van der Waals surface area contributed by atoms with Crippen molar-refractivity contribution in [1.29, 1.82) is 5.26 Å². The van der Waals surface area contributed by atoms with Crippen LogP contribution in [0.1, 0.15) is 18.0 Å². The summed E-state index contributed by atoms with van der Waals surface area (Å²) in [5.41, 5.74) is 1.10. The Hall–Kier alpha value is -1.19. The molecule has 1 aromatic carbocycles. The first-order chi connectivity index (χ1) is 9.80. The maximum Gasteiger partial charge on any atom is 0.161 e. The van der Waals surface area contributed by atoms with Crippen molar-refractivity contribution in [2.75, 3.05) is 40.4 Å². The molecule has 22 heavy (non-hydrogen) atoms. The van der Waals surface area contributed by atoms with Crippen molar-refractivity contribution in [3.05, 3.63) is 23.8 Å². The summed E-state index contributed by atoms with van der Waals surface area (Å²) < 4.78 is 10.6. The summed E-state index contributed by atoms with van der Waals surface area (Å²) in [6.07, 6.45) is 0.482. The predicted molar refractivity (Wildman–Crippen MR) is 91.5 cm³/mol. The number of hydrogen-bond donors (Lipinski definition) is 1. The van der Waals surface area contributed by atoms with Crippen molar-refractivity contribution in [2.24, 2.45) is 0 Å². The minimum Gasteiger partial charge on any atom is -0.493 e. The first-order valence-electron chi connectivity index (χ1n) is 6.83. The second-order valence-corrected chi connectivity index (χ2v) is 4.78. The monoisotopic (exact) mass is 347 g/mol. The highest BCUT2D eigenvalue weighted by molar-refractivity contribution is 5.85. The zero-order valence-electron chi connectivity index (χ0n) is 12.9. The quantitative estimate of drug-likeness (QED) is 0.886. The molecule has 1 aliphatic rings. The SMILES string of the molecule is COc1ccc([C@@H](CC#N)N2CCNCC2)cc1OC.Cl.Cl. The lowest BCUT2D eigenvalue weighted by molar-refractivity contribution is 0.175. The summed E-state index contributed by atoms with van der Waals surface area (Å²) >= 11 is 0. The van der Waals surface area contributed by atoms with Crippen molar-refractivity contribution in [2.45, 2.75) is 12.5 Å². The first kappa shape index (κ1) is 20.8. The van der Waals surface area contributed by atoms with Gasteiger partial charge in [-0.3, -0.25) is 4.90 Å². The Morgan fingerprint density at radius 2 is 1.82 bits per heavy atom. The minimum absolute atomic E-state index is 0. The van der Waals surface area contributed by atoms with Gasteiger partial charge in [-0.2, -0.15) is 5.26 Å². The minimum atomic E-state index is 0. The first-order valence-corrected chi connectivity index (χ1v) is 6.83. The molecule has 0 radical (unpaired) electrons. The van der Waals surface area contributed by atoms with Gasteiger partial charge < -0.3 is 14.8 Å². The van der Waals surface area contributed by atoms with Crippen LogP contribution in [0.25, 0.3) is 0 Å². The van der Waals surface area contributed by atoms with Gasteiger partial charge >= 0.3 is 0 Å². The molecule has 1 N–H and O–H groups in total. The third kappa shape index (κ3) is 4.92. The smallest absolute Gasteiger partial charge is 0.161 e. The second kappa shape index (κ2) is 10.5. The Kier molecular flexibility index (Phi) is 9.95. The molecule has 0 unspecified atom stereocenters. The molecule has 2 rings (SSSR count). The molecule has 1 fully saturated rings. The van der Waals surface area contributed by atoms with Gasteiger partial charge in [-0.25, -0.2) is 0 Å². The van der Waals surface area contributed by atoms with Crippen LogP contribution in [0.15, 0.2) is 18.2 Å². The van der Waals surface area contributed by atoms with Gasteiger partial charge in [0, 0.05) is 32.2 Å². The molecule has 1 saturated heterocycles. The maximum atomic E-state index is 9.11. The molecular formula is C15H23Cl2N3O2. The second-order valence-electron chi connectivity index (χ2n) is 4.78. The van der Waals surface area contributed by atoms with E-state index in [1.54, 1.807) is 14.2 Å². The van der Waals surface area contributed by atoms with E-state index >= 15 is 0 Å². The highest BCUT2D eigenvalue weighted by Gasteiger charge is 2.23. The highest BCUT2D eigenvalue weighted by Crippen LogP contribution is 2.33. The molecule has 5 nitrogen and oxygen atoms in total. The number of methoxy groups -OCH3 is 2. The van der Waals surface area contributed by atoms with E-state index in [4.69, 9.17) is 14.7 Å². The largest absolute Gasteiger partial charge is 0.493 e. The molecule has 7 heteroatoms. The fourth-order valence-electron chi connectivity index (χ4n) is 2.60. The third-order valence-electron chi connectivity index (χ3n) is 3.67. The van der Waals surface area contributed by atoms with Crippen LogP contribution < -0.4 is 14.8 Å². The van der Waals surface area contributed by atoms with Crippen LogP contribution >= 0.6 is 24.8 Å². The van der Waals surface area contributed by atoms with Gasteiger partial charge in [-0.15, -0.1) is 24.8 Å². The molecule has 1 atom stereocenters. The van der Waals surface area contributed by atoms with Crippen LogP contribution in [-0.2, 0) is 0 Å². The van der Waals surface area contributed by atoms with Gasteiger partial charge in [0.15, 0.2) is 11.5 Å². The summed E-state index contributed by atoms with van der Waals surface area (Å²) in [5.74, 6) is 1.43. The average Bonchev–Trinajstić information content (AvgIpc) is 2.52. The molecule has 0 spiro atoms. The zero-order chi connectivity index (χ0) is 14.4. The van der Waals surface area contributed by atoms with E-state index in [9.17, 15) is 0 Å². The Labute approximate surface area is 144 Å². The van der Waals surface area contributed by atoms with Crippen LogP contribution in [0, 0.1) is 11.3 Å². The Morgan fingerprint density at radius 3 is 2.36 bits per heavy atom. The van der Waals surface area contributed by atoms with Crippen molar-refractivity contribution < 1.29 is 9.47 Å². The molecule has 0 saturated carbocycles. The molecule has 0 aromatic heterocycles. The number of rotatable bonds is 5. The van der Waals surface area contributed by atoms with E-state index < -0.39 is 0 Å². The number of piperazine rings is 1. The number of benzene rings is 1. The van der Waals surface area contributed by atoms with E-state index in [1.165, 1.54) is 0 Å². The normalized spacial score (nSPS) is 15.7. The fourth-order valence-corrected chi connectivity index (χ4v) is 2.60. The molecule has 1 aromatic rings. The maximum absolute atomic E-state index is 9.11. The third-order valence-corrected chi connectivity index (χ3v) is 3.67. The van der Waals surface area contributed by atoms with Crippen LogP contribution in [0.2, 0.25) is 0 Å². The van der Waals surface area contributed by atoms with Crippen LogP contribution in [0.5, 0.6) is 11.5 Å². The molecule has 1 aliphatic heterocycles. The van der Waals surface area contributed by atoms with Crippen molar-refractivity contribution >= 4 is 24.8 Å². The number of nitrogens with one attached hydrogen (secondary N) is 1. The standard InChI is InChI=1S/C15H21N3O2.2ClH/c1-19-14-4-3-12(11-15(14)20-2)13(5-6-16)18-9-7-17-8-10-18;;/h3-4,11,13,17H,5,7-10H2,1-2H3;2*1H/t13-;;/m1../s1. The lowest BCUT2D eigenvalue weighted by Gasteiger charge is -2.34. The number of hydrogen-bond acceptors (Lipinski definition) is 5. The summed E-state index contributed by atoms with van der Waals surface area (Å²) in [7, 11) is 3.26. The lowest BCUT2D eigenvalue weighted by Crippen LogP contribution is -2.45. The molecule has 0 amide bonds. The van der Waals surface area contributed by atoms with E-state index in [2.05, 4.69) is 16.3 Å². The van der Waals surface area contributed by atoms with Crippen LogP contribution in [0.3, 0.4) is 0 Å². The van der Waals surface area contributed by atoms with Gasteiger partial charge in [0.05, 0.1) is 26.7 Å². The number of halogens is 2. The van der Waals surface area contributed by atoms with Gasteiger partial charge in [-0.05, 0) is 17.7 Å². The van der Waals surface area contributed by atoms with Crippen molar-refractivity contribution in [3.8, 4) is 17.6 Å². The van der Waals surface area contributed by atoms with Crippen molar-refractivity contribution in [3.63, 3.8) is 0 Å². The molecule has 1 heterocycles. The van der Waals surface area contributed by atoms with E-state index in [0.717, 1.165) is 31.7 Å². The highest BCUT2D eigenvalue weighted by atomic mass is 35.5. The number of nitriles is 1. The summed E-state index contributed by atoms with van der Waals surface area (Å²) in [4.78, 5) is 2.35. The lowest BCUT2D eigenvalue weighted by atomic mass is 10.0. The van der Waals surface area contributed by atoms with Crippen molar-refractivity contribution in [1.82, 2.24) is 10.2 Å². The average molecular weight is 348 g/mol. The zero-order valence-corrected chi connectivity index (χ0v) is 14.5. The summed E-state index contributed by atoms with van der Waals surface area (Å²) in [5, 5.41) is 12.4. The van der Waals surface area contributed by atoms with E-state index in [-0.39, 0.29) is 30.9 Å². The van der Waals surface area contributed by atoms with Crippen LogP contribution in [0.4, 0.5) is 0 Å². The van der Waals surface area contributed by atoms with Crippen LogP contribution in [-0.4, -0.2) is 45.3 Å². The number of ether oxygens (including phenoxy) is 2. The van der Waals surface area contributed by atoms with Gasteiger partial charge in [0.25, 0.3) is 0 Å². The summed E-state index contributed by atoms with van der Waals surface area (Å²) in [6.45, 7) is 3.85. The van der Waals surface area contributed by atoms with E-state index in [0.29, 0.717) is 17.9 Å². The van der Waals surface area contributed by atoms with Gasteiger partial charge in [0.1, 0.15) is 0 Å². The summed E-state index contributed by atoms with van der Waals surface area (Å²) in [6, 6.07) is 8.31. The van der Waals surface area contributed by atoms with E-state index in [1.807, 2.05) is 18.2 Å².